The summed E-state index contributed by atoms with van der Waals surface area (Å²) in [6.07, 6.45) is 0.635. The Labute approximate surface area is 107 Å². The van der Waals surface area contributed by atoms with Crippen LogP contribution in [0.3, 0.4) is 0 Å². The number of carboxylic acids is 1. The lowest BCUT2D eigenvalue weighted by atomic mass is 10.0. The number of carbonyl (C=O) groups excluding carboxylic acids is 1. The van der Waals surface area contributed by atoms with Crippen molar-refractivity contribution in [2.45, 2.75) is 57.8 Å². The lowest BCUT2D eigenvalue weighted by Gasteiger charge is -2.29. The summed E-state index contributed by atoms with van der Waals surface area (Å²) in [5, 5.41) is 11.4. The van der Waals surface area contributed by atoms with E-state index in [1.54, 1.807) is 20.8 Å². The summed E-state index contributed by atoms with van der Waals surface area (Å²) in [6, 6.07) is -0.107. The molecule has 0 spiro atoms. The Morgan fingerprint density at radius 2 is 2.06 bits per heavy atom. The second kappa shape index (κ2) is 6.04. The lowest BCUT2D eigenvalue weighted by molar-refractivity contribution is -0.141. The molecule has 18 heavy (non-hydrogen) atoms. The van der Waals surface area contributed by atoms with Gasteiger partial charge in [0.2, 0.25) is 0 Å². The maximum atomic E-state index is 11.5. The first-order valence-electron chi connectivity index (χ1n) is 6.09. The van der Waals surface area contributed by atoms with Crippen LogP contribution in [0.25, 0.3) is 0 Å². The summed E-state index contributed by atoms with van der Waals surface area (Å²) >= 11 is 0. The topological polar surface area (TPSA) is 84.9 Å². The highest BCUT2D eigenvalue weighted by atomic mass is 16.6. The maximum absolute atomic E-state index is 11.5. The van der Waals surface area contributed by atoms with Crippen LogP contribution in [-0.4, -0.2) is 41.5 Å². The first-order chi connectivity index (χ1) is 8.26. The number of amides is 1. The average molecular weight is 259 g/mol. The van der Waals surface area contributed by atoms with Gasteiger partial charge in [0.1, 0.15) is 5.60 Å². The number of carboxylic acid groups (broad SMARTS) is 1. The summed E-state index contributed by atoms with van der Waals surface area (Å²) in [5.74, 6) is -0.862. The predicted molar refractivity (Wildman–Crippen MR) is 64.4 cm³/mol. The number of nitrogens with one attached hydrogen (secondary N) is 1. The molecule has 2 N–H and O–H groups in total. The van der Waals surface area contributed by atoms with Gasteiger partial charge in [0.15, 0.2) is 0 Å². The third kappa shape index (κ3) is 5.86. The van der Waals surface area contributed by atoms with Crippen molar-refractivity contribution in [3.05, 3.63) is 0 Å². The summed E-state index contributed by atoms with van der Waals surface area (Å²) in [7, 11) is 0. The normalized spacial score (nSPS) is 24.4. The van der Waals surface area contributed by atoms with Crippen molar-refractivity contribution in [2.75, 3.05) is 6.61 Å². The van der Waals surface area contributed by atoms with Gasteiger partial charge in [-0.3, -0.25) is 4.79 Å². The van der Waals surface area contributed by atoms with Crippen LogP contribution >= 0.6 is 0 Å². The molecule has 1 aliphatic heterocycles. The molecule has 104 valence electrons. The molecular weight excluding hydrogens is 238 g/mol. The van der Waals surface area contributed by atoms with Crippen molar-refractivity contribution in [1.29, 1.82) is 0 Å². The molecule has 0 saturated carbocycles. The van der Waals surface area contributed by atoms with Crippen LogP contribution in [0.15, 0.2) is 0 Å². The highest BCUT2D eigenvalue weighted by Crippen LogP contribution is 2.17. The van der Waals surface area contributed by atoms with Gasteiger partial charge in [0, 0.05) is 0 Å². The fraction of sp³-hybridized carbons (Fsp3) is 0.833. The first kappa shape index (κ1) is 14.8. The third-order valence-corrected chi connectivity index (χ3v) is 2.49. The Balaban J connectivity index is 2.27. The van der Waals surface area contributed by atoms with Crippen molar-refractivity contribution in [2.24, 2.45) is 0 Å². The van der Waals surface area contributed by atoms with Crippen LogP contribution in [0.1, 0.15) is 40.0 Å². The van der Waals surface area contributed by atoms with E-state index in [9.17, 15) is 9.59 Å². The quantitative estimate of drug-likeness (QED) is 0.803. The maximum Gasteiger partial charge on any atom is 0.407 e. The molecule has 0 aliphatic carbocycles. The van der Waals surface area contributed by atoms with Gasteiger partial charge < -0.3 is 19.9 Å². The largest absolute Gasteiger partial charge is 0.481 e. The standard InChI is InChI=1S/C12H21NO5/c1-12(2,3)18-11(16)13-8-4-5-9(17-7-8)6-10(14)15/h8-9H,4-7H2,1-3H3,(H,13,16)(H,14,15). The van der Waals surface area contributed by atoms with Gasteiger partial charge in [0.05, 0.1) is 25.2 Å². The second-order valence-corrected chi connectivity index (χ2v) is 5.47. The Hall–Kier alpha value is -1.30. The Morgan fingerprint density at radius 3 is 2.50 bits per heavy atom. The zero-order valence-corrected chi connectivity index (χ0v) is 11.1. The summed E-state index contributed by atoms with van der Waals surface area (Å²) in [4.78, 5) is 22.0. The average Bonchev–Trinajstić information content (AvgIpc) is 2.17. The third-order valence-electron chi connectivity index (χ3n) is 2.49. The van der Waals surface area contributed by atoms with Crippen LogP contribution in [0.4, 0.5) is 4.79 Å². The Bertz CT molecular complexity index is 302. The number of ether oxygens (including phenoxy) is 2. The van der Waals surface area contributed by atoms with E-state index in [-0.39, 0.29) is 18.6 Å². The van der Waals surface area contributed by atoms with Gasteiger partial charge in [-0.05, 0) is 33.6 Å². The number of aliphatic carboxylic acids is 1. The molecule has 1 fully saturated rings. The van der Waals surface area contributed by atoms with Gasteiger partial charge in [-0.2, -0.15) is 0 Å². The van der Waals surface area contributed by atoms with Crippen LogP contribution in [0.2, 0.25) is 0 Å². The van der Waals surface area contributed by atoms with Crippen molar-refractivity contribution in [3.8, 4) is 0 Å². The molecule has 1 rings (SSSR count). The molecule has 0 aromatic heterocycles. The number of carbonyl (C=O) groups is 2. The van der Waals surface area contributed by atoms with E-state index >= 15 is 0 Å². The molecular formula is C12H21NO5. The van der Waals surface area contributed by atoms with E-state index in [1.807, 2.05) is 0 Å². The van der Waals surface area contributed by atoms with Gasteiger partial charge in [-0.25, -0.2) is 4.79 Å². The fourth-order valence-corrected chi connectivity index (χ4v) is 1.75. The molecule has 6 heteroatoms. The molecule has 0 aromatic carbocycles. The van der Waals surface area contributed by atoms with E-state index in [1.165, 1.54) is 0 Å². The second-order valence-electron chi connectivity index (χ2n) is 5.47. The van der Waals surface area contributed by atoms with E-state index in [2.05, 4.69) is 5.32 Å². The molecule has 0 bridgehead atoms. The van der Waals surface area contributed by atoms with E-state index in [4.69, 9.17) is 14.6 Å². The Kier molecular flexibility index (Phi) is 4.95. The van der Waals surface area contributed by atoms with Crippen LogP contribution in [0, 0.1) is 0 Å². The fourth-order valence-electron chi connectivity index (χ4n) is 1.75. The predicted octanol–water partition coefficient (Wildman–Crippen LogP) is 1.53. The smallest absolute Gasteiger partial charge is 0.407 e. The van der Waals surface area contributed by atoms with Crippen molar-refractivity contribution < 1.29 is 24.2 Å². The number of hydrogen-bond donors (Lipinski definition) is 2. The van der Waals surface area contributed by atoms with Gasteiger partial charge in [0.25, 0.3) is 0 Å². The molecule has 2 unspecified atom stereocenters. The number of rotatable bonds is 3. The molecule has 6 nitrogen and oxygen atoms in total. The molecule has 0 aromatic rings. The summed E-state index contributed by atoms with van der Waals surface area (Å²) < 4.78 is 10.5. The SMILES string of the molecule is CC(C)(C)OC(=O)NC1CCC(CC(=O)O)OC1. The van der Waals surface area contributed by atoms with Crippen molar-refractivity contribution in [3.63, 3.8) is 0 Å². The first-order valence-corrected chi connectivity index (χ1v) is 6.09. The molecule has 1 saturated heterocycles. The number of alkyl carbamates (subject to hydrolysis) is 1. The van der Waals surface area contributed by atoms with Crippen LogP contribution < -0.4 is 5.32 Å². The zero-order valence-electron chi connectivity index (χ0n) is 11.1. The lowest BCUT2D eigenvalue weighted by Crippen LogP contribution is -2.45. The highest BCUT2D eigenvalue weighted by Gasteiger charge is 2.26. The van der Waals surface area contributed by atoms with Gasteiger partial charge in [-0.15, -0.1) is 0 Å². The highest BCUT2D eigenvalue weighted by molar-refractivity contribution is 5.68. The Morgan fingerprint density at radius 1 is 1.39 bits per heavy atom. The van der Waals surface area contributed by atoms with E-state index < -0.39 is 17.7 Å². The van der Waals surface area contributed by atoms with Crippen LogP contribution in [-0.2, 0) is 14.3 Å². The van der Waals surface area contributed by atoms with Crippen molar-refractivity contribution >= 4 is 12.1 Å². The van der Waals surface area contributed by atoms with Gasteiger partial charge in [-0.1, -0.05) is 0 Å². The molecule has 1 aliphatic rings. The van der Waals surface area contributed by atoms with Crippen LogP contribution in [0.5, 0.6) is 0 Å². The van der Waals surface area contributed by atoms with Gasteiger partial charge >= 0.3 is 12.1 Å². The van der Waals surface area contributed by atoms with E-state index in [0.29, 0.717) is 19.4 Å². The molecule has 0 radical (unpaired) electrons. The molecule has 1 heterocycles. The molecule has 2 atom stereocenters. The summed E-state index contributed by atoms with van der Waals surface area (Å²) in [5.41, 5.74) is -0.522. The minimum Gasteiger partial charge on any atom is -0.481 e. The zero-order chi connectivity index (χ0) is 13.8. The molecule has 1 amide bonds. The number of hydrogen-bond acceptors (Lipinski definition) is 4. The minimum absolute atomic E-state index is 0.0131. The van der Waals surface area contributed by atoms with Crippen molar-refractivity contribution in [1.82, 2.24) is 5.32 Å². The monoisotopic (exact) mass is 259 g/mol. The summed E-state index contributed by atoms with van der Waals surface area (Å²) in [6.45, 7) is 5.73. The minimum atomic E-state index is -0.862. The van der Waals surface area contributed by atoms with E-state index in [0.717, 1.165) is 0 Å².